The van der Waals surface area contributed by atoms with Crippen LogP contribution in [0.1, 0.15) is 58.1 Å². The van der Waals surface area contributed by atoms with Gasteiger partial charge in [0.25, 0.3) is 10.0 Å². The van der Waals surface area contributed by atoms with E-state index in [9.17, 15) is 67.8 Å². The molecule has 0 aliphatic rings. The first-order valence-corrected chi connectivity index (χ1v) is 29.2. The van der Waals surface area contributed by atoms with Gasteiger partial charge < -0.3 is 38.8 Å². The number of carbonyl (C=O) groups excluding carboxylic acids is 2. The highest BCUT2D eigenvalue weighted by molar-refractivity contribution is 9.10. The molecule has 0 saturated carbocycles. The van der Waals surface area contributed by atoms with E-state index in [2.05, 4.69) is 60.1 Å². The number of urea groups is 1. The Bertz CT molecular complexity index is 3120. The van der Waals surface area contributed by atoms with Gasteiger partial charge in [0.1, 0.15) is 30.5 Å². The number of alkyl halides is 6. The Morgan fingerprint density at radius 1 is 0.925 bits per heavy atom. The molecule has 36 heteroatoms. The first kappa shape index (κ1) is 72.4. The van der Waals surface area contributed by atoms with Crippen LogP contribution in [0.15, 0.2) is 57.9 Å². The topological polar surface area (TPSA) is 324 Å². The van der Waals surface area contributed by atoms with E-state index < -0.39 is 107 Å². The summed E-state index contributed by atoms with van der Waals surface area (Å²) < 4.78 is 142. The predicted molar refractivity (Wildman–Crippen MR) is 284 cm³/mol. The Morgan fingerprint density at radius 3 is 1.98 bits per heavy atom. The fraction of sp³-hybridized carbons (Fsp3) is 0.364. The van der Waals surface area contributed by atoms with Crippen LogP contribution < -0.4 is 29.7 Å². The summed E-state index contributed by atoms with van der Waals surface area (Å²) in [6, 6.07) is 8.56. The number of aromatic nitrogens is 5. The highest BCUT2D eigenvalue weighted by atomic mass is 79.9. The minimum atomic E-state index is -4.69. The summed E-state index contributed by atoms with van der Waals surface area (Å²) in [5.74, 6) is -4.03. The first-order chi connectivity index (χ1) is 36.7. The molecule has 0 fully saturated rings. The Hall–Kier alpha value is -5.57. The van der Waals surface area contributed by atoms with Crippen LogP contribution in [-0.2, 0) is 54.7 Å². The number of anilines is 1. The quantitative estimate of drug-likeness (QED) is 0.0247. The summed E-state index contributed by atoms with van der Waals surface area (Å²) in [7, 11) is -4.43. The lowest BCUT2D eigenvalue weighted by atomic mass is 10.1. The molecule has 0 aliphatic carbocycles. The van der Waals surface area contributed by atoms with E-state index in [1.54, 1.807) is 18.6 Å². The van der Waals surface area contributed by atoms with Gasteiger partial charge in [-0.25, -0.2) is 31.9 Å². The lowest BCUT2D eigenvalue weighted by Gasteiger charge is -2.14. The molecule has 80 heavy (non-hydrogen) atoms. The Morgan fingerprint density at radius 2 is 1.50 bits per heavy atom. The first-order valence-electron chi connectivity index (χ1n) is 21.6. The van der Waals surface area contributed by atoms with Gasteiger partial charge in [0.05, 0.1) is 81.9 Å². The molecule has 0 spiro atoms. The molecule has 1 unspecified atom stereocenters. The van der Waals surface area contributed by atoms with Crippen molar-refractivity contribution in [3.8, 4) is 23.0 Å². The summed E-state index contributed by atoms with van der Waals surface area (Å²) in [6.07, 6.45) is -5.46. The molecule has 0 radical (unpaired) electrons. The van der Waals surface area contributed by atoms with Crippen LogP contribution in [0.2, 0.25) is 15.1 Å². The second-order valence-electron chi connectivity index (χ2n) is 16.0. The third kappa shape index (κ3) is 25.5. The monoisotopic (exact) mass is 1330 g/mol. The third-order valence-electron chi connectivity index (χ3n) is 8.50. The van der Waals surface area contributed by atoms with E-state index in [1.165, 1.54) is 51.5 Å². The van der Waals surface area contributed by atoms with Gasteiger partial charge in [-0.2, -0.15) is 46.4 Å². The normalized spacial score (nSPS) is 11.9. The molecule has 1 atom stereocenters. The highest BCUT2D eigenvalue weighted by Crippen LogP contribution is 2.41. The van der Waals surface area contributed by atoms with Crippen LogP contribution in [0.25, 0.3) is 11.3 Å². The molecule has 2 heterocycles. The fourth-order valence-corrected chi connectivity index (χ4v) is 8.57. The van der Waals surface area contributed by atoms with Gasteiger partial charge in [-0.15, -0.1) is 0 Å². The number of methoxy groups -OCH3 is 2. The van der Waals surface area contributed by atoms with Crippen molar-refractivity contribution in [1.29, 1.82) is 0 Å². The second-order valence-corrected chi connectivity index (χ2v) is 23.7. The van der Waals surface area contributed by atoms with E-state index in [0.29, 0.717) is 15.6 Å². The van der Waals surface area contributed by atoms with Crippen molar-refractivity contribution in [2.75, 3.05) is 51.1 Å². The number of nitrogens with one attached hydrogen (secondary N) is 3. The molecular formula is C44H50BrCl3F7N8O14PS2. The number of carbonyl (C=O) groups is 4. The molecule has 6 N–H and O–H groups in total. The molecule has 0 saturated heterocycles. The lowest BCUT2D eigenvalue weighted by molar-refractivity contribution is -0.193. The van der Waals surface area contributed by atoms with E-state index in [1.807, 2.05) is 5.32 Å². The maximum absolute atomic E-state index is 14.3. The largest absolute Gasteiger partial charge is 0.778 e. The van der Waals surface area contributed by atoms with E-state index in [0.717, 1.165) is 25.2 Å². The average Bonchev–Trinajstić information content (AvgIpc) is 3.61. The molecular weight excluding hydrogens is 1280 g/mol. The minimum absolute atomic E-state index is 0.0715. The van der Waals surface area contributed by atoms with Gasteiger partial charge in [0, 0.05) is 19.0 Å². The molecule has 22 nitrogen and oxygen atoms in total. The van der Waals surface area contributed by atoms with Crippen molar-refractivity contribution >= 4 is 109 Å². The van der Waals surface area contributed by atoms with Gasteiger partial charge >= 0.3 is 42.3 Å². The summed E-state index contributed by atoms with van der Waals surface area (Å²) >= 11 is 20.0. The van der Waals surface area contributed by atoms with Crippen LogP contribution in [-0.4, -0.2) is 130 Å². The number of esters is 1. The number of amides is 2. The number of benzene rings is 3. The van der Waals surface area contributed by atoms with Gasteiger partial charge in [-0.05, 0) is 89.9 Å². The standard InChI is InChI=1S/C15H12BrClF4N2O2.C15H16F3N5O4S.C8H6Cl2O3.C3H8NO5P.C3H9S/c1-6(2)25-14(24)7-4-8(10(18)5-9(7)17)12-11(16)13(15(19,20)21)23(3)22-12;1-9-19-12(22-14(20-9)27-2)21-13(24)23-28(25,26)11-6-4-3-5-10(11)7-8-15(16,17)18;1-13-7-5(10)3-2-4(9)6(7)8(11)12;5-3(6)1-4-2-10(7,8)9;1-4(2)3/h4-6H,1-3H3;3-6H,7-8H2,1-2H3,(H2,19,20,21,22,23,24);2-3H,1H3,(H,11,12);4H,1-2H2,(H,5,6)(H2,7,8,9);1-3H3/q;;;;+1/p-1. The molecule has 2 aromatic heterocycles. The molecule has 0 bridgehead atoms. The molecule has 2 amide bonds. The number of ether oxygens (including phenoxy) is 3. The summed E-state index contributed by atoms with van der Waals surface area (Å²) in [6.45, 7) is 4.25. The van der Waals surface area contributed by atoms with Gasteiger partial charge in [0.2, 0.25) is 5.95 Å². The van der Waals surface area contributed by atoms with Crippen molar-refractivity contribution in [2.24, 2.45) is 7.05 Å². The lowest BCUT2D eigenvalue weighted by Crippen LogP contribution is -2.35. The van der Waals surface area contributed by atoms with Gasteiger partial charge in [-0.3, -0.25) is 20.1 Å². The zero-order chi connectivity index (χ0) is 61.8. The smallest absolute Gasteiger partial charge is 0.434 e. The number of hydrogen-bond acceptors (Lipinski definition) is 16. The predicted octanol–water partition coefficient (Wildman–Crippen LogP) is 8.78. The number of hydrogen-bond donors (Lipinski definition) is 6. The van der Waals surface area contributed by atoms with Crippen LogP contribution in [0.4, 0.5) is 41.5 Å². The highest BCUT2D eigenvalue weighted by Gasteiger charge is 2.39. The second kappa shape index (κ2) is 32.2. The van der Waals surface area contributed by atoms with Gasteiger partial charge in [0.15, 0.2) is 11.4 Å². The number of rotatable bonds is 15. The number of aryl methyl sites for hydroxylation is 3. The Balaban J connectivity index is 0.000000557. The van der Waals surface area contributed by atoms with Crippen LogP contribution >= 0.6 is 58.3 Å². The SMILES string of the molecule is CC(C)OC(=O)c1cc(-c2nn(C)c(C(F)(F)F)c2Br)c(F)cc1Cl.COc1c(Cl)ccc(Cl)c1C(=O)O.COc1nc(C)nc(NC(=O)NS(=O)(=O)c2ccccc2CCC(F)(F)F)n1.C[S+](C)C.O=C(O)CNCP(=O)([O-])O. The zero-order valence-electron chi connectivity index (χ0n) is 43.0. The van der Waals surface area contributed by atoms with Crippen molar-refractivity contribution in [1.82, 2.24) is 34.8 Å². The number of sulfonamides is 1. The number of aliphatic carboxylic acids is 1. The zero-order valence-corrected chi connectivity index (χ0v) is 49.4. The molecule has 444 valence electrons. The maximum atomic E-state index is 14.3. The number of nitrogens with zero attached hydrogens (tertiary/aromatic N) is 5. The fourth-order valence-electron chi connectivity index (χ4n) is 5.54. The molecule has 3 aromatic carbocycles. The van der Waals surface area contributed by atoms with E-state index >= 15 is 0 Å². The summed E-state index contributed by atoms with van der Waals surface area (Å²) in [5, 5.41) is 24.7. The summed E-state index contributed by atoms with van der Waals surface area (Å²) in [4.78, 5) is 73.5. The van der Waals surface area contributed by atoms with Gasteiger partial charge in [-0.1, -0.05) is 53.0 Å². The summed E-state index contributed by atoms with van der Waals surface area (Å²) in [5.41, 5.74) is -2.05. The van der Waals surface area contributed by atoms with Crippen molar-refractivity contribution in [3.63, 3.8) is 0 Å². The molecule has 5 rings (SSSR count). The number of aromatic carboxylic acids is 1. The number of halogens is 11. The Kier molecular flexibility index (Phi) is 29.1. The molecule has 0 aliphatic heterocycles. The van der Waals surface area contributed by atoms with Crippen LogP contribution in [0.5, 0.6) is 11.8 Å². The molecule has 5 aromatic rings. The van der Waals surface area contributed by atoms with Crippen LogP contribution in [0, 0.1) is 12.7 Å². The van der Waals surface area contributed by atoms with Crippen molar-refractivity contribution < 1.29 is 97.1 Å². The number of carboxylic acid groups (broad SMARTS) is 2. The number of carboxylic acids is 2. The van der Waals surface area contributed by atoms with Crippen molar-refractivity contribution in [2.45, 2.75) is 57.0 Å². The Labute approximate surface area is 478 Å². The maximum Gasteiger partial charge on any atom is 0.434 e. The van der Waals surface area contributed by atoms with E-state index in [-0.39, 0.29) is 66.5 Å². The van der Waals surface area contributed by atoms with E-state index in [4.69, 9.17) is 64.1 Å². The average molecular weight is 1330 g/mol. The minimum Gasteiger partial charge on any atom is -0.778 e. The van der Waals surface area contributed by atoms with Crippen LogP contribution in [0.3, 0.4) is 0 Å². The third-order valence-corrected chi connectivity index (χ3v) is 12.2. The van der Waals surface area contributed by atoms with Crippen molar-refractivity contribution in [3.05, 3.63) is 102 Å².